The van der Waals surface area contributed by atoms with Gasteiger partial charge in [0, 0.05) is 12.8 Å². The normalized spacial score (nSPS) is 12.8. The number of rotatable bonds is 56. The third kappa shape index (κ3) is 53.4. The van der Waals surface area contributed by atoms with E-state index in [1.165, 1.54) is 250 Å². The van der Waals surface area contributed by atoms with Crippen LogP contribution in [0.25, 0.3) is 0 Å². The number of unbranched alkanes of at least 4 members (excludes halogenated alkanes) is 41. The van der Waals surface area contributed by atoms with Gasteiger partial charge in [-0.05, 0) is 83.5 Å². The Bertz CT molecular complexity index is 1100. The van der Waals surface area contributed by atoms with Gasteiger partial charge in [0.25, 0.3) is 0 Å². The number of carbonyl (C=O) groups excluding carboxylic acids is 2. The molecule has 0 rings (SSSR count). The predicted octanol–water partition coefficient (Wildman–Crippen LogP) is 18.8. The average Bonchev–Trinajstić information content (AvgIpc) is 3.34. The number of carbonyl (C=O) groups is 2. The van der Waals surface area contributed by atoms with Gasteiger partial charge in [0.2, 0.25) is 5.91 Å². The van der Waals surface area contributed by atoms with Crippen molar-refractivity contribution in [2.24, 2.45) is 0 Å². The summed E-state index contributed by atoms with van der Waals surface area (Å²) in [6.45, 7) is 4.89. The third-order valence-electron chi connectivity index (χ3n) is 13.9. The SMILES string of the molecule is CCCCCCC/C=C\CCCCCCCC(=O)OCCCCCCCCCCCCCC/C=C\CCCCCCCCCCCC(=O)NC(CO)C(O)/C=C/CCCCCCCCCCCC. The van der Waals surface area contributed by atoms with Gasteiger partial charge in [-0.2, -0.15) is 0 Å². The molecule has 6 heteroatoms. The summed E-state index contributed by atoms with van der Waals surface area (Å²) in [5, 5.41) is 23.0. The summed E-state index contributed by atoms with van der Waals surface area (Å²) in [6, 6.07) is -0.629. The van der Waals surface area contributed by atoms with Crippen LogP contribution in [0.3, 0.4) is 0 Å². The molecule has 400 valence electrons. The molecule has 2 unspecified atom stereocenters. The zero-order valence-corrected chi connectivity index (χ0v) is 45.6. The number of ether oxygens (including phenoxy) is 1. The van der Waals surface area contributed by atoms with Crippen LogP contribution in [-0.4, -0.2) is 47.4 Å². The summed E-state index contributed by atoms with van der Waals surface area (Å²) in [5.74, 6) is -0.0673. The van der Waals surface area contributed by atoms with Crippen molar-refractivity contribution in [3.63, 3.8) is 0 Å². The van der Waals surface area contributed by atoms with Crippen molar-refractivity contribution >= 4 is 11.9 Å². The zero-order chi connectivity index (χ0) is 49.3. The van der Waals surface area contributed by atoms with Crippen molar-refractivity contribution in [1.82, 2.24) is 5.32 Å². The second-order valence-corrected chi connectivity index (χ2v) is 20.7. The smallest absolute Gasteiger partial charge is 0.305 e. The lowest BCUT2D eigenvalue weighted by Gasteiger charge is -2.20. The van der Waals surface area contributed by atoms with Crippen LogP contribution in [-0.2, 0) is 14.3 Å². The number of nitrogens with one attached hydrogen (secondary N) is 1. The molecule has 0 aromatic carbocycles. The summed E-state index contributed by atoms with van der Waals surface area (Å²) in [7, 11) is 0. The molecule has 0 aliphatic rings. The molecule has 0 aliphatic carbocycles. The fourth-order valence-corrected chi connectivity index (χ4v) is 9.21. The molecule has 6 nitrogen and oxygen atoms in total. The zero-order valence-electron chi connectivity index (χ0n) is 45.6. The molecule has 0 saturated carbocycles. The average molecular weight is 957 g/mol. The van der Waals surface area contributed by atoms with Crippen LogP contribution in [0.2, 0.25) is 0 Å². The molecule has 1 amide bonds. The second kappa shape index (κ2) is 57.7. The minimum absolute atomic E-state index is 0.00423. The molecule has 0 fully saturated rings. The highest BCUT2D eigenvalue weighted by atomic mass is 16.5. The third-order valence-corrected chi connectivity index (χ3v) is 13.9. The fourth-order valence-electron chi connectivity index (χ4n) is 9.21. The predicted molar refractivity (Wildman–Crippen MR) is 296 cm³/mol. The Morgan fingerprint density at radius 3 is 1.04 bits per heavy atom. The molecule has 0 bridgehead atoms. The van der Waals surface area contributed by atoms with E-state index in [9.17, 15) is 19.8 Å². The maximum absolute atomic E-state index is 12.4. The highest BCUT2D eigenvalue weighted by Crippen LogP contribution is 2.16. The standard InChI is InChI=1S/C62H117NO5/c1-3-5-7-9-11-13-15-17-32-36-40-44-48-52-56-62(67)68-57-53-49-45-41-37-33-30-28-26-24-22-20-18-19-21-23-25-27-29-31-35-39-43-47-51-55-61(66)63-59(58-64)60(65)54-50-46-42-38-34-16-14-12-10-8-6-4-2/h15,17,19,21,50,54,59-60,64-65H,3-14,16,18,20,22-49,51-53,55-58H2,1-2H3,(H,63,66)/b17-15-,21-19-,54-50+. The van der Waals surface area contributed by atoms with Gasteiger partial charge in [0.1, 0.15) is 0 Å². The lowest BCUT2D eigenvalue weighted by atomic mass is 10.0. The first-order valence-electron chi connectivity index (χ1n) is 30.3. The van der Waals surface area contributed by atoms with Crippen molar-refractivity contribution in [1.29, 1.82) is 0 Å². The highest BCUT2D eigenvalue weighted by molar-refractivity contribution is 5.76. The highest BCUT2D eigenvalue weighted by Gasteiger charge is 2.18. The first kappa shape index (κ1) is 66.1. The van der Waals surface area contributed by atoms with E-state index in [-0.39, 0.29) is 18.5 Å². The maximum atomic E-state index is 12.4. The van der Waals surface area contributed by atoms with Gasteiger partial charge in [0.15, 0.2) is 0 Å². The summed E-state index contributed by atoms with van der Waals surface area (Å²) in [6.07, 6.45) is 71.8. The topological polar surface area (TPSA) is 95.9 Å². The minimum atomic E-state index is -0.845. The number of hydrogen-bond acceptors (Lipinski definition) is 5. The van der Waals surface area contributed by atoms with Crippen LogP contribution in [0.5, 0.6) is 0 Å². The van der Waals surface area contributed by atoms with Crippen LogP contribution in [0.15, 0.2) is 36.5 Å². The van der Waals surface area contributed by atoms with E-state index in [1.807, 2.05) is 6.08 Å². The van der Waals surface area contributed by atoms with Gasteiger partial charge in [-0.3, -0.25) is 9.59 Å². The van der Waals surface area contributed by atoms with Crippen LogP contribution >= 0.6 is 0 Å². The molecule has 0 aromatic rings. The number of esters is 1. The summed E-state index contributed by atoms with van der Waals surface area (Å²) in [4.78, 5) is 24.5. The summed E-state index contributed by atoms with van der Waals surface area (Å²) >= 11 is 0. The number of allylic oxidation sites excluding steroid dienone is 5. The van der Waals surface area contributed by atoms with Crippen LogP contribution in [0, 0.1) is 0 Å². The van der Waals surface area contributed by atoms with E-state index >= 15 is 0 Å². The van der Waals surface area contributed by atoms with E-state index in [1.54, 1.807) is 6.08 Å². The largest absolute Gasteiger partial charge is 0.466 e. The lowest BCUT2D eigenvalue weighted by Crippen LogP contribution is -2.45. The maximum Gasteiger partial charge on any atom is 0.305 e. The molecule has 0 aromatic heterocycles. The quantitative estimate of drug-likeness (QED) is 0.0321. The van der Waals surface area contributed by atoms with Gasteiger partial charge in [-0.25, -0.2) is 0 Å². The van der Waals surface area contributed by atoms with E-state index in [0.717, 1.165) is 44.9 Å². The number of hydrogen-bond donors (Lipinski definition) is 3. The van der Waals surface area contributed by atoms with Crippen LogP contribution in [0.4, 0.5) is 0 Å². The minimum Gasteiger partial charge on any atom is -0.466 e. The molecule has 68 heavy (non-hydrogen) atoms. The summed E-state index contributed by atoms with van der Waals surface area (Å²) in [5.41, 5.74) is 0. The van der Waals surface area contributed by atoms with E-state index in [0.29, 0.717) is 19.4 Å². The van der Waals surface area contributed by atoms with Gasteiger partial charge >= 0.3 is 5.97 Å². The van der Waals surface area contributed by atoms with Gasteiger partial charge in [0.05, 0.1) is 25.4 Å². The number of aliphatic hydroxyl groups excluding tert-OH is 2. The first-order chi connectivity index (χ1) is 33.5. The van der Waals surface area contributed by atoms with Crippen molar-refractivity contribution in [2.75, 3.05) is 13.2 Å². The Labute approximate surface area is 424 Å². The Kier molecular flexibility index (Phi) is 56.0. The van der Waals surface area contributed by atoms with Gasteiger partial charge < -0.3 is 20.3 Å². The van der Waals surface area contributed by atoms with E-state index in [4.69, 9.17) is 4.74 Å². The molecule has 0 heterocycles. The molecular formula is C62H117NO5. The molecule has 2 atom stereocenters. The Morgan fingerprint density at radius 2 is 0.691 bits per heavy atom. The molecule has 0 spiro atoms. The molecule has 0 saturated heterocycles. The number of amides is 1. The van der Waals surface area contributed by atoms with Crippen molar-refractivity contribution in [2.45, 2.75) is 334 Å². The molecule has 0 radical (unpaired) electrons. The number of aliphatic hydroxyl groups is 2. The van der Waals surface area contributed by atoms with Gasteiger partial charge in [-0.15, -0.1) is 0 Å². The van der Waals surface area contributed by atoms with Crippen molar-refractivity contribution < 1.29 is 24.5 Å². The molecule has 0 aliphatic heterocycles. The molecular weight excluding hydrogens is 839 g/mol. The van der Waals surface area contributed by atoms with Crippen molar-refractivity contribution in [3.8, 4) is 0 Å². The summed E-state index contributed by atoms with van der Waals surface area (Å²) < 4.78 is 5.48. The van der Waals surface area contributed by atoms with E-state index in [2.05, 4.69) is 43.5 Å². The van der Waals surface area contributed by atoms with Crippen LogP contribution < -0.4 is 5.32 Å². The van der Waals surface area contributed by atoms with Crippen LogP contribution in [0.1, 0.15) is 322 Å². The van der Waals surface area contributed by atoms with Gasteiger partial charge in [-0.1, -0.05) is 262 Å². The van der Waals surface area contributed by atoms with E-state index < -0.39 is 12.1 Å². The first-order valence-corrected chi connectivity index (χ1v) is 30.3. The Morgan fingerprint density at radius 1 is 0.397 bits per heavy atom. The fraction of sp³-hybridized carbons (Fsp3) is 0.871. The Hall–Kier alpha value is -1.92. The molecule has 3 N–H and O–H groups in total. The lowest BCUT2D eigenvalue weighted by molar-refractivity contribution is -0.143. The monoisotopic (exact) mass is 956 g/mol. The Balaban J connectivity index is 3.40. The van der Waals surface area contributed by atoms with Crippen molar-refractivity contribution in [3.05, 3.63) is 36.5 Å². The second-order valence-electron chi connectivity index (χ2n) is 20.7.